The molecule has 0 fully saturated rings. The Morgan fingerprint density at radius 2 is 1.82 bits per heavy atom. The highest BCUT2D eigenvalue weighted by Gasteiger charge is 2.09. The van der Waals surface area contributed by atoms with Crippen LogP contribution in [0, 0.1) is 5.92 Å². The van der Waals surface area contributed by atoms with Crippen LogP contribution in [-0.4, -0.2) is 15.9 Å². The van der Waals surface area contributed by atoms with Crippen molar-refractivity contribution >= 4 is 5.69 Å². The number of benzene rings is 1. The average molecular weight is 301 g/mol. The molecule has 1 aromatic carbocycles. The lowest BCUT2D eigenvalue weighted by molar-refractivity contribution is 0.242. The van der Waals surface area contributed by atoms with Crippen molar-refractivity contribution in [3.63, 3.8) is 0 Å². The van der Waals surface area contributed by atoms with E-state index in [-0.39, 0.29) is 17.4 Å². The molecule has 0 unspecified atom stereocenters. The standard InChI is InChI=1S/C17H23N3O2/c1-11(2)10-20-17(21)15(18)9-16(19-20)13-5-7-14(8-6-13)22-12(3)4/h5-9,11-12H,10,18H2,1-4H3. The molecule has 2 aromatic rings. The van der Waals surface area contributed by atoms with Crippen LogP contribution in [0.1, 0.15) is 27.7 Å². The van der Waals surface area contributed by atoms with E-state index in [1.807, 2.05) is 52.0 Å². The van der Waals surface area contributed by atoms with Crippen LogP contribution in [0.25, 0.3) is 11.3 Å². The Morgan fingerprint density at radius 1 is 1.18 bits per heavy atom. The van der Waals surface area contributed by atoms with E-state index in [1.165, 1.54) is 4.68 Å². The van der Waals surface area contributed by atoms with E-state index in [0.717, 1.165) is 11.3 Å². The van der Waals surface area contributed by atoms with Gasteiger partial charge in [-0.1, -0.05) is 13.8 Å². The van der Waals surface area contributed by atoms with Gasteiger partial charge in [0.25, 0.3) is 5.56 Å². The predicted molar refractivity (Wildman–Crippen MR) is 88.9 cm³/mol. The minimum atomic E-state index is -0.239. The second-order valence-corrected chi connectivity index (χ2v) is 6.06. The van der Waals surface area contributed by atoms with Crippen LogP contribution in [0.4, 0.5) is 5.69 Å². The summed E-state index contributed by atoms with van der Waals surface area (Å²) in [6, 6.07) is 9.25. The summed E-state index contributed by atoms with van der Waals surface area (Å²) in [6.07, 6.45) is 0.132. The maximum absolute atomic E-state index is 12.0. The topological polar surface area (TPSA) is 70.1 Å². The highest BCUT2D eigenvalue weighted by Crippen LogP contribution is 2.21. The van der Waals surface area contributed by atoms with Crippen molar-refractivity contribution in [2.24, 2.45) is 5.92 Å². The zero-order chi connectivity index (χ0) is 16.3. The number of ether oxygens (including phenoxy) is 1. The minimum absolute atomic E-state index is 0.132. The lowest BCUT2D eigenvalue weighted by Crippen LogP contribution is -2.27. The Kier molecular flexibility index (Phi) is 4.85. The Morgan fingerprint density at radius 3 is 2.36 bits per heavy atom. The van der Waals surface area contributed by atoms with Gasteiger partial charge in [0.2, 0.25) is 0 Å². The van der Waals surface area contributed by atoms with Gasteiger partial charge in [0.05, 0.1) is 11.8 Å². The van der Waals surface area contributed by atoms with Crippen LogP contribution < -0.4 is 16.0 Å². The van der Waals surface area contributed by atoms with E-state index in [4.69, 9.17) is 10.5 Å². The molecule has 5 nitrogen and oxygen atoms in total. The molecule has 0 aliphatic heterocycles. The first kappa shape index (κ1) is 16.1. The van der Waals surface area contributed by atoms with E-state index in [0.29, 0.717) is 18.2 Å². The van der Waals surface area contributed by atoms with Gasteiger partial charge in [0.1, 0.15) is 11.4 Å². The van der Waals surface area contributed by atoms with E-state index in [9.17, 15) is 4.79 Å². The molecule has 1 heterocycles. The molecular formula is C17H23N3O2. The molecule has 118 valence electrons. The fraction of sp³-hybridized carbons (Fsp3) is 0.412. The van der Waals surface area contributed by atoms with Gasteiger partial charge in [-0.05, 0) is 50.1 Å². The first-order valence-electron chi connectivity index (χ1n) is 7.51. The Balaban J connectivity index is 2.36. The largest absolute Gasteiger partial charge is 0.491 e. The molecule has 0 saturated heterocycles. The molecule has 0 radical (unpaired) electrons. The van der Waals surface area contributed by atoms with Gasteiger partial charge in [-0.2, -0.15) is 5.10 Å². The third-order valence-electron chi connectivity index (χ3n) is 3.06. The van der Waals surface area contributed by atoms with Crippen LogP contribution in [0.5, 0.6) is 5.75 Å². The van der Waals surface area contributed by atoms with E-state index < -0.39 is 0 Å². The van der Waals surface area contributed by atoms with Crippen molar-refractivity contribution in [2.75, 3.05) is 5.73 Å². The van der Waals surface area contributed by atoms with Crippen LogP contribution >= 0.6 is 0 Å². The third kappa shape index (κ3) is 3.87. The lowest BCUT2D eigenvalue weighted by atomic mass is 10.1. The fourth-order valence-electron chi connectivity index (χ4n) is 2.15. The van der Waals surface area contributed by atoms with Gasteiger partial charge >= 0.3 is 0 Å². The third-order valence-corrected chi connectivity index (χ3v) is 3.06. The highest BCUT2D eigenvalue weighted by molar-refractivity contribution is 5.62. The van der Waals surface area contributed by atoms with Crippen molar-refractivity contribution in [1.82, 2.24) is 9.78 Å². The summed E-state index contributed by atoms with van der Waals surface area (Å²) < 4.78 is 7.06. The number of hydrogen-bond donors (Lipinski definition) is 1. The van der Waals surface area contributed by atoms with Crippen LogP contribution in [0.2, 0.25) is 0 Å². The van der Waals surface area contributed by atoms with Crippen molar-refractivity contribution in [3.8, 4) is 17.0 Å². The maximum atomic E-state index is 12.0. The summed E-state index contributed by atoms with van der Waals surface area (Å²) in [6.45, 7) is 8.59. The van der Waals surface area contributed by atoms with Gasteiger partial charge < -0.3 is 10.5 Å². The molecule has 0 bridgehead atoms. The van der Waals surface area contributed by atoms with Gasteiger partial charge in [0, 0.05) is 12.1 Å². The molecule has 2 N–H and O–H groups in total. The second-order valence-electron chi connectivity index (χ2n) is 6.06. The Hall–Kier alpha value is -2.30. The van der Waals surface area contributed by atoms with Crippen molar-refractivity contribution < 1.29 is 4.74 Å². The summed E-state index contributed by atoms with van der Waals surface area (Å²) >= 11 is 0. The van der Waals surface area contributed by atoms with E-state index in [2.05, 4.69) is 5.10 Å². The Bertz CT molecular complexity index is 688. The summed E-state index contributed by atoms with van der Waals surface area (Å²) in [7, 11) is 0. The summed E-state index contributed by atoms with van der Waals surface area (Å²) in [5.74, 6) is 1.13. The average Bonchev–Trinajstić information content (AvgIpc) is 2.43. The monoisotopic (exact) mass is 301 g/mol. The molecule has 0 aliphatic rings. The number of rotatable bonds is 5. The normalized spacial score (nSPS) is 11.2. The SMILES string of the molecule is CC(C)Cn1nc(-c2ccc(OC(C)C)cc2)cc(N)c1=O. The molecule has 0 saturated carbocycles. The zero-order valence-electron chi connectivity index (χ0n) is 13.5. The first-order valence-corrected chi connectivity index (χ1v) is 7.51. The molecular weight excluding hydrogens is 278 g/mol. The number of aromatic nitrogens is 2. The molecule has 0 aliphatic carbocycles. The smallest absolute Gasteiger partial charge is 0.289 e. The summed E-state index contributed by atoms with van der Waals surface area (Å²) in [5.41, 5.74) is 7.40. The predicted octanol–water partition coefficient (Wildman–Crippen LogP) is 2.94. The summed E-state index contributed by atoms with van der Waals surface area (Å²) in [4.78, 5) is 12.0. The molecule has 2 rings (SSSR count). The van der Waals surface area contributed by atoms with Crippen LogP contribution in [-0.2, 0) is 6.54 Å². The molecule has 0 spiro atoms. The number of nitrogens with zero attached hydrogens (tertiary/aromatic N) is 2. The molecule has 0 amide bonds. The van der Waals surface area contributed by atoms with Crippen molar-refractivity contribution in [2.45, 2.75) is 40.3 Å². The van der Waals surface area contributed by atoms with Crippen LogP contribution in [0.3, 0.4) is 0 Å². The summed E-state index contributed by atoms with van der Waals surface area (Å²) in [5, 5.41) is 4.42. The van der Waals surface area contributed by atoms with Crippen LogP contribution in [0.15, 0.2) is 35.1 Å². The number of anilines is 1. The molecule has 1 aromatic heterocycles. The minimum Gasteiger partial charge on any atom is -0.491 e. The molecule has 5 heteroatoms. The number of hydrogen-bond acceptors (Lipinski definition) is 4. The Labute approximate surface area is 130 Å². The van der Waals surface area contributed by atoms with E-state index >= 15 is 0 Å². The van der Waals surface area contributed by atoms with E-state index in [1.54, 1.807) is 6.07 Å². The fourth-order valence-corrected chi connectivity index (χ4v) is 2.15. The highest BCUT2D eigenvalue weighted by atomic mass is 16.5. The number of nitrogens with two attached hydrogens (primary N) is 1. The van der Waals surface area contributed by atoms with Gasteiger partial charge in [-0.15, -0.1) is 0 Å². The lowest BCUT2D eigenvalue weighted by Gasteiger charge is -2.12. The van der Waals surface area contributed by atoms with Gasteiger partial charge in [0.15, 0.2) is 0 Å². The van der Waals surface area contributed by atoms with Crippen molar-refractivity contribution in [1.29, 1.82) is 0 Å². The van der Waals surface area contributed by atoms with Crippen molar-refractivity contribution in [3.05, 3.63) is 40.7 Å². The molecule has 0 atom stereocenters. The first-order chi connectivity index (χ1) is 10.4. The zero-order valence-corrected chi connectivity index (χ0v) is 13.5. The number of nitrogen functional groups attached to an aromatic ring is 1. The quantitative estimate of drug-likeness (QED) is 0.921. The maximum Gasteiger partial charge on any atom is 0.289 e. The van der Waals surface area contributed by atoms with Gasteiger partial charge in [-0.3, -0.25) is 4.79 Å². The second kappa shape index (κ2) is 6.64. The molecule has 22 heavy (non-hydrogen) atoms. The van der Waals surface area contributed by atoms with Gasteiger partial charge in [-0.25, -0.2) is 4.68 Å².